The summed E-state index contributed by atoms with van der Waals surface area (Å²) in [6.07, 6.45) is 1.42. The Balaban J connectivity index is 1.45. The molecule has 0 unspecified atom stereocenters. The lowest BCUT2D eigenvalue weighted by molar-refractivity contribution is 0.0910. The summed E-state index contributed by atoms with van der Waals surface area (Å²) >= 11 is 0. The van der Waals surface area contributed by atoms with Gasteiger partial charge in [0.15, 0.2) is 5.76 Å². The van der Waals surface area contributed by atoms with Gasteiger partial charge in [-0.3, -0.25) is 14.4 Å². The number of methoxy groups -OCH3 is 1. The summed E-state index contributed by atoms with van der Waals surface area (Å²) in [6.45, 7) is 0.530. The second-order valence-corrected chi connectivity index (χ2v) is 6.25. The quantitative estimate of drug-likeness (QED) is 0.498. The molecule has 1 heterocycles. The number of carbonyl (C=O) groups is 3. The fourth-order valence-electron chi connectivity index (χ4n) is 2.60. The third-order valence-corrected chi connectivity index (χ3v) is 4.20. The molecule has 2 aromatic carbocycles. The topological polar surface area (TPSA) is 110 Å². The molecule has 3 amide bonds. The third-order valence-electron chi connectivity index (χ3n) is 4.20. The smallest absolute Gasteiger partial charge is 0.287 e. The molecule has 0 fully saturated rings. The van der Waals surface area contributed by atoms with Crippen LogP contribution < -0.4 is 20.7 Å². The van der Waals surface area contributed by atoms with Gasteiger partial charge in [0, 0.05) is 29.9 Å². The highest BCUT2D eigenvalue weighted by molar-refractivity contribution is 6.04. The number of nitrogens with one attached hydrogen (secondary N) is 3. The van der Waals surface area contributed by atoms with Gasteiger partial charge in [0.1, 0.15) is 5.75 Å². The van der Waals surface area contributed by atoms with E-state index in [4.69, 9.17) is 9.15 Å². The van der Waals surface area contributed by atoms with Crippen LogP contribution in [0, 0.1) is 0 Å². The van der Waals surface area contributed by atoms with E-state index in [0.29, 0.717) is 22.6 Å². The van der Waals surface area contributed by atoms with E-state index >= 15 is 0 Å². The zero-order valence-corrected chi connectivity index (χ0v) is 16.3. The van der Waals surface area contributed by atoms with Crippen LogP contribution in [0.1, 0.15) is 31.3 Å². The molecule has 0 radical (unpaired) electrons. The van der Waals surface area contributed by atoms with Crippen LogP contribution >= 0.6 is 0 Å². The van der Waals surface area contributed by atoms with Crippen molar-refractivity contribution in [3.05, 3.63) is 83.8 Å². The SMILES string of the molecule is COc1ccc(C(=O)Nc2ccc(C(=O)NCCNC(=O)c3ccco3)cc2)cc1. The Hall–Kier alpha value is -4.07. The number of ether oxygens (including phenoxy) is 1. The second kappa shape index (κ2) is 9.92. The highest BCUT2D eigenvalue weighted by atomic mass is 16.5. The number of furan rings is 1. The van der Waals surface area contributed by atoms with Gasteiger partial charge in [-0.25, -0.2) is 0 Å². The van der Waals surface area contributed by atoms with Crippen molar-refractivity contribution in [1.29, 1.82) is 0 Å². The lowest BCUT2D eigenvalue weighted by Gasteiger charge is -2.08. The molecule has 0 saturated heterocycles. The predicted octanol–water partition coefficient (Wildman–Crippen LogP) is 2.70. The monoisotopic (exact) mass is 407 g/mol. The van der Waals surface area contributed by atoms with Gasteiger partial charge in [0.25, 0.3) is 17.7 Å². The van der Waals surface area contributed by atoms with Crippen molar-refractivity contribution in [2.24, 2.45) is 0 Å². The molecular formula is C22H21N3O5. The van der Waals surface area contributed by atoms with Crippen molar-refractivity contribution < 1.29 is 23.5 Å². The van der Waals surface area contributed by atoms with E-state index < -0.39 is 0 Å². The number of hydrogen-bond acceptors (Lipinski definition) is 5. The first-order valence-corrected chi connectivity index (χ1v) is 9.22. The molecule has 0 aliphatic carbocycles. The molecule has 0 atom stereocenters. The van der Waals surface area contributed by atoms with Crippen molar-refractivity contribution in [2.45, 2.75) is 0 Å². The van der Waals surface area contributed by atoms with Crippen LogP contribution in [0.3, 0.4) is 0 Å². The third kappa shape index (κ3) is 5.48. The van der Waals surface area contributed by atoms with Crippen molar-refractivity contribution in [1.82, 2.24) is 10.6 Å². The van der Waals surface area contributed by atoms with Gasteiger partial charge in [-0.1, -0.05) is 0 Å². The highest BCUT2D eigenvalue weighted by Gasteiger charge is 2.10. The second-order valence-electron chi connectivity index (χ2n) is 6.25. The molecule has 0 spiro atoms. The first kappa shape index (κ1) is 20.7. The summed E-state index contributed by atoms with van der Waals surface area (Å²) in [5.74, 6) is -0.000292. The molecule has 30 heavy (non-hydrogen) atoms. The number of rotatable bonds is 8. The molecule has 0 saturated carbocycles. The fraction of sp³-hybridized carbons (Fsp3) is 0.136. The lowest BCUT2D eigenvalue weighted by Crippen LogP contribution is -2.34. The summed E-state index contributed by atoms with van der Waals surface area (Å²) in [5, 5.41) is 8.13. The van der Waals surface area contributed by atoms with E-state index in [1.54, 1.807) is 67.8 Å². The normalized spacial score (nSPS) is 10.2. The van der Waals surface area contributed by atoms with Gasteiger partial charge in [-0.15, -0.1) is 0 Å². The molecule has 0 bridgehead atoms. The molecular weight excluding hydrogens is 386 g/mol. The summed E-state index contributed by atoms with van der Waals surface area (Å²) < 4.78 is 10.1. The predicted molar refractivity (Wildman–Crippen MR) is 111 cm³/mol. The van der Waals surface area contributed by atoms with Crippen LogP contribution in [-0.2, 0) is 0 Å². The van der Waals surface area contributed by atoms with Gasteiger partial charge < -0.3 is 25.1 Å². The van der Waals surface area contributed by atoms with E-state index in [-0.39, 0.29) is 36.6 Å². The Morgan fingerprint density at radius 1 is 0.800 bits per heavy atom. The van der Waals surface area contributed by atoms with Crippen LogP contribution in [0.4, 0.5) is 5.69 Å². The molecule has 154 valence electrons. The number of carbonyl (C=O) groups excluding carboxylic acids is 3. The Labute approximate surface area is 173 Å². The van der Waals surface area contributed by atoms with Crippen LogP contribution in [0.15, 0.2) is 71.3 Å². The average Bonchev–Trinajstić information content (AvgIpc) is 3.32. The van der Waals surface area contributed by atoms with Crippen molar-refractivity contribution in [3.63, 3.8) is 0 Å². The van der Waals surface area contributed by atoms with Crippen molar-refractivity contribution in [3.8, 4) is 5.75 Å². The van der Waals surface area contributed by atoms with Crippen LogP contribution in [0.2, 0.25) is 0 Å². The van der Waals surface area contributed by atoms with E-state index in [2.05, 4.69) is 16.0 Å². The first-order valence-electron chi connectivity index (χ1n) is 9.22. The Morgan fingerprint density at radius 3 is 2.00 bits per heavy atom. The summed E-state index contributed by atoms with van der Waals surface area (Å²) in [7, 11) is 1.56. The van der Waals surface area contributed by atoms with Gasteiger partial charge in [-0.2, -0.15) is 0 Å². The standard InChI is InChI=1S/C22H21N3O5/c1-29-18-10-6-16(7-11-18)21(27)25-17-8-4-15(5-9-17)20(26)23-12-13-24-22(28)19-3-2-14-30-19/h2-11,14H,12-13H2,1H3,(H,23,26)(H,24,28)(H,25,27). The zero-order chi connectivity index (χ0) is 21.3. The molecule has 3 N–H and O–H groups in total. The maximum atomic E-state index is 12.3. The summed E-state index contributed by atoms with van der Waals surface area (Å²) in [4.78, 5) is 36.2. The first-order chi connectivity index (χ1) is 14.6. The van der Waals surface area contributed by atoms with Crippen LogP contribution in [0.25, 0.3) is 0 Å². The van der Waals surface area contributed by atoms with E-state index in [1.165, 1.54) is 6.26 Å². The fourth-order valence-corrected chi connectivity index (χ4v) is 2.60. The number of anilines is 1. The Morgan fingerprint density at radius 2 is 1.40 bits per heavy atom. The van der Waals surface area contributed by atoms with E-state index in [9.17, 15) is 14.4 Å². The molecule has 1 aromatic heterocycles. The largest absolute Gasteiger partial charge is 0.497 e. The maximum Gasteiger partial charge on any atom is 0.287 e. The Kier molecular flexibility index (Phi) is 6.83. The van der Waals surface area contributed by atoms with E-state index in [1.807, 2.05) is 0 Å². The molecule has 0 aliphatic rings. The molecule has 8 nitrogen and oxygen atoms in total. The molecule has 3 aromatic rings. The minimum absolute atomic E-state index is 0.216. The zero-order valence-electron chi connectivity index (χ0n) is 16.3. The van der Waals surface area contributed by atoms with Crippen LogP contribution in [-0.4, -0.2) is 37.9 Å². The number of hydrogen-bond donors (Lipinski definition) is 3. The molecule has 0 aliphatic heterocycles. The Bertz CT molecular complexity index is 996. The minimum Gasteiger partial charge on any atom is -0.497 e. The average molecular weight is 407 g/mol. The van der Waals surface area contributed by atoms with Gasteiger partial charge in [0.2, 0.25) is 0 Å². The van der Waals surface area contributed by atoms with E-state index in [0.717, 1.165) is 0 Å². The van der Waals surface area contributed by atoms with Crippen molar-refractivity contribution in [2.75, 3.05) is 25.5 Å². The molecule has 8 heteroatoms. The highest BCUT2D eigenvalue weighted by Crippen LogP contribution is 2.14. The van der Waals surface area contributed by atoms with Crippen LogP contribution in [0.5, 0.6) is 5.75 Å². The van der Waals surface area contributed by atoms with Gasteiger partial charge in [0.05, 0.1) is 13.4 Å². The number of amides is 3. The lowest BCUT2D eigenvalue weighted by atomic mass is 10.1. The van der Waals surface area contributed by atoms with Gasteiger partial charge >= 0.3 is 0 Å². The molecule has 3 rings (SSSR count). The summed E-state index contributed by atoms with van der Waals surface area (Å²) in [6, 6.07) is 16.5. The van der Waals surface area contributed by atoms with Gasteiger partial charge in [-0.05, 0) is 60.7 Å². The maximum absolute atomic E-state index is 12.3. The summed E-state index contributed by atoms with van der Waals surface area (Å²) in [5.41, 5.74) is 1.50. The minimum atomic E-state index is -0.341. The van der Waals surface area contributed by atoms with Crippen molar-refractivity contribution >= 4 is 23.4 Å². The number of benzene rings is 2.